The van der Waals surface area contributed by atoms with Gasteiger partial charge in [-0.05, 0) is 17.2 Å². The van der Waals surface area contributed by atoms with E-state index in [1.165, 1.54) is 4.68 Å². The standard InChI is InChI=1S/C25H24N4O4S/c30-24(26-15-16-34(32,33)27-17-19-9-3-1-4-10-19)23-21-13-7-8-14-22(21)25(31)29(28-23)18-20-11-5-2-6-12-20/h1-14,27H,15-18H2,(H,26,30). The highest BCUT2D eigenvalue weighted by Gasteiger charge is 2.18. The Bertz CT molecular complexity index is 1450. The lowest BCUT2D eigenvalue weighted by molar-refractivity contribution is 0.0950. The minimum absolute atomic E-state index is 0.0702. The molecule has 0 spiro atoms. The van der Waals surface area contributed by atoms with E-state index < -0.39 is 15.9 Å². The lowest BCUT2D eigenvalue weighted by Gasteiger charge is -2.12. The van der Waals surface area contributed by atoms with E-state index in [9.17, 15) is 18.0 Å². The maximum absolute atomic E-state index is 12.9. The largest absolute Gasteiger partial charge is 0.350 e. The number of carbonyl (C=O) groups excluding carboxylic acids is 1. The molecule has 1 aromatic heterocycles. The molecule has 0 aliphatic carbocycles. The number of fused-ring (bicyclic) bond motifs is 1. The van der Waals surface area contributed by atoms with Crippen LogP contribution in [0.4, 0.5) is 0 Å². The summed E-state index contributed by atoms with van der Waals surface area (Å²) >= 11 is 0. The first-order valence-corrected chi connectivity index (χ1v) is 12.4. The van der Waals surface area contributed by atoms with Crippen molar-refractivity contribution in [2.45, 2.75) is 13.1 Å². The van der Waals surface area contributed by atoms with Gasteiger partial charge in [0, 0.05) is 18.5 Å². The van der Waals surface area contributed by atoms with E-state index in [0.29, 0.717) is 10.8 Å². The fourth-order valence-corrected chi connectivity index (χ4v) is 4.41. The van der Waals surface area contributed by atoms with Gasteiger partial charge in [-0.3, -0.25) is 9.59 Å². The molecule has 174 valence electrons. The average molecular weight is 477 g/mol. The number of nitrogens with zero attached hydrogens (tertiary/aromatic N) is 2. The highest BCUT2D eigenvalue weighted by molar-refractivity contribution is 7.89. The zero-order valence-electron chi connectivity index (χ0n) is 18.3. The second-order valence-electron chi connectivity index (χ2n) is 7.72. The minimum Gasteiger partial charge on any atom is -0.350 e. The second-order valence-corrected chi connectivity index (χ2v) is 9.65. The number of benzene rings is 3. The van der Waals surface area contributed by atoms with Gasteiger partial charge in [0.05, 0.1) is 17.7 Å². The van der Waals surface area contributed by atoms with Crippen molar-refractivity contribution in [1.82, 2.24) is 19.8 Å². The Kier molecular flexibility index (Phi) is 7.15. The molecule has 0 saturated heterocycles. The molecular weight excluding hydrogens is 452 g/mol. The molecule has 1 heterocycles. The molecule has 1 amide bonds. The maximum Gasteiger partial charge on any atom is 0.274 e. The van der Waals surface area contributed by atoms with Crippen molar-refractivity contribution in [3.63, 3.8) is 0 Å². The van der Waals surface area contributed by atoms with Crippen LogP contribution in [0, 0.1) is 0 Å². The van der Waals surface area contributed by atoms with Gasteiger partial charge in [0.2, 0.25) is 10.0 Å². The molecule has 3 aromatic carbocycles. The second kappa shape index (κ2) is 10.4. The molecule has 0 aliphatic heterocycles. The zero-order chi connectivity index (χ0) is 24.0. The molecule has 8 nitrogen and oxygen atoms in total. The summed E-state index contributed by atoms with van der Waals surface area (Å²) in [5.41, 5.74) is 1.48. The van der Waals surface area contributed by atoms with Crippen LogP contribution in [-0.4, -0.2) is 36.4 Å². The van der Waals surface area contributed by atoms with E-state index in [1.807, 2.05) is 60.7 Å². The Labute approximate surface area is 197 Å². The van der Waals surface area contributed by atoms with Crippen LogP contribution in [0.5, 0.6) is 0 Å². The van der Waals surface area contributed by atoms with E-state index in [4.69, 9.17) is 0 Å². The first-order chi connectivity index (χ1) is 16.4. The molecule has 0 atom stereocenters. The maximum atomic E-state index is 12.9. The molecule has 0 fully saturated rings. The third-order valence-corrected chi connectivity index (χ3v) is 6.58. The van der Waals surface area contributed by atoms with E-state index in [2.05, 4.69) is 15.1 Å². The van der Waals surface area contributed by atoms with Crippen LogP contribution < -0.4 is 15.6 Å². The smallest absolute Gasteiger partial charge is 0.274 e. The molecule has 0 saturated carbocycles. The van der Waals surface area contributed by atoms with Gasteiger partial charge in [-0.15, -0.1) is 0 Å². The first kappa shape index (κ1) is 23.3. The fraction of sp³-hybridized carbons (Fsp3) is 0.160. The summed E-state index contributed by atoms with van der Waals surface area (Å²) in [7, 11) is -3.60. The Morgan fingerprint density at radius 3 is 2.09 bits per heavy atom. The lowest BCUT2D eigenvalue weighted by atomic mass is 10.1. The Morgan fingerprint density at radius 2 is 1.41 bits per heavy atom. The van der Waals surface area contributed by atoms with Gasteiger partial charge in [0.15, 0.2) is 5.69 Å². The number of carbonyl (C=O) groups is 1. The molecule has 9 heteroatoms. The summed E-state index contributed by atoms with van der Waals surface area (Å²) < 4.78 is 28.4. The molecule has 2 N–H and O–H groups in total. The van der Waals surface area contributed by atoms with Crippen LogP contribution >= 0.6 is 0 Å². The summed E-state index contributed by atoms with van der Waals surface area (Å²) in [4.78, 5) is 25.9. The number of rotatable bonds is 9. The minimum atomic E-state index is -3.60. The summed E-state index contributed by atoms with van der Waals surface area (Å²) in [5.74, 6) is -0.830. The highest BCUT2D eigenvalue weighted by atomic mass is 32.2. The summed E-state index contributed by atoms with van der Waals surface area (Å²) in [6.45, 7) is 0.285. The van der Waals surface area contributed by atoms with Gasteiger partial charge in [0.25, 0.3) is 11.5 Å². The van der Waals surface area contributed by atoms with Gasteiger partial charge in [-0.25, -0.2) is 17.8 Å². The van der Waals surface area contributed by atoms with Crippen LogP contribution in [0.1, 0.15) is 21.6 Å². The quantitative estimate of drug-likeness (QED) is 0.385. The van der Waals surface area contributed by atoms with Crippen molar-refractivity contribution < 1.29 is 13.2 Å². The van der Waals surface area contributed by atoms with Crippen molar-refractivity contribution >= 4 is 26.7 Å². The normalized spacial score (nSPS) is 11.4. The van der Waals surface area contributed by atoms with Crippen molar-refractivity contribution in [1.29, 1.82) is 0 Å². The number of sulfonamides is 1. The topological polar surface area (TPSA) is 110 Å². The highest BCUT2D eigenvalue weighted by Crippen LogP contribution is 2.14. The summed E-state index contributed by atoms with van der Waals surface area (Å²) in [5, 5.41) is 7.72. The van der Waals surface area contributed by atoms with E-state index in [-0.39, 0.29) is 36.6 Å². The SMILES string of the molecule is O=C(NCCS(=O)(=O)NCc1ccccc1)c1nn(Cc2ccccc2)c(=O)c2ccccc12. The van der Waals surface area contributed by atoms with E-state index in [1.54, 1.807) is 24.3 Å². The monoisotopic (exact) mass is 476 g/mol. The molecule has 4 aromatic rings. The van der Waals surface area contributed by atoms with E-state index >= 15 is 0 Å². The Morgan fingerprint density at radius 1 is 0.824 bits per heavy atom. The van der Waals surface area contributed by atoms with Crippen LogP contribution in [0.3, 0.4) is 0 Å². The number of nitrogens with one attached hydrogen (secondary N) is 2. The predicted octanol–water partition coefficient (Wildman–Crippen LogP) is 2.29. The average Bonchev–Trinajstić information content (AvgIpc) is 2.86. The van der Waals surface area contributed by atoms with Gasteiger partial charge < -0.3 is 5.32 Å². The van der Waals surface area contributed by atoms with Crippen molar-refractivity contribution in [2.75, 3.05) is 12.3 Å². The van der Waals surface area contributed by atoms with E-state index in [0.717, 1.165) is 11.1 Å². The molecule has 4 rings (SSSR count). The van der Waals surface area contributed by atoms with Crippen LogP contribution in [0.15, 0.2) is 89.7 Å². The number of hydrogen-bond donors (Lipinski definition) is 2. The van der Waals surface area contributed by atoms with Gasteiger partial charge in [0.1, 0.15) is 0 Å². The van der Waals surface area contributed by atoms with Gasteiger partial charge in [-0.1, -0.05) is 78.9 Å². The number of hydrogen-bond acceptors (Lipinski definition) is 5. The summed E-state index contributed by atoms with van der Waals surface area (Å²) in [6.07, 6.45) is 0. The molecule has 34 heavy (non-hydrogen) atoms. The van der Waals surface area contributed by atoms with Crippen molar-refractivity contribution in [3.05, 3.63) is 112 Å². The predicted molar refractivity (Wildman–Crippen MR) is 131 cm³/mol. The molecule has 0 aliphatic rings. The Hall–Kier alpha value is -3.82. The van der Waals surface area contributed by atoms with Gasteiger partial charge in [-0.2, -0.15) is 5.10 Å². The lowest BCUT2D eigenvalue weighted by Crippen LogP contribution is -2.36. The van der Waals surface area contributed by atoms with Crippen LogP contribution in [-0.2, 0) is 23.1 Å². The fourth-order valence-electron chi connectivity index (χ4n) is 3.51. The molecule has 0 bridgehead atoms. The first-order valence-electron chi connectivity index (χ1n) is 10.8. The summed E-state index contributed by atoms with van der Waals surface area (Å²) in [6, 6.07) is 25.3. The number of aromatic nitrogens is 2. The van der Waals surface area contributed by atoms with Crippen molar-refractivity contribution in [3.8, 4) is 0 Å². The Balaban J connectivity index is 1.48. The van der Waals surface area contributed by atoms with Gasteiger partial charge >= 0.3 is 0 Å². The van der Waals surface area contributed by atoms with Crippen LogP contribution in [0.2, 0.25) is 0 Å². The third-order valence-electron chi connectivity index (χ3n) is 5.25. The molecular formula is C25H24N4O4S. The molecule has 0 radical (unpaired) electrons. The van der Waals surface area contributed by atoms with Crippen molar-refractivity contribution in [2.24, 2.45) is 0 Å². The molecule has 0 unspecified atom stereocenters. The number of amides is 1. The third kappa shape index (κ3) is 5.75. The zero-order valence-corrected chi connectivity index (χ0v) is 19.2. The van der Waals surface area contributed by atoms with Crippen LogP contribution in [0.25, 0.3) is 10.8 Å².